The first-order chi connectivity index (χ1) is 9.40. The monoisotopic (exact) mass is 298 g/mol. The van der Waals surface area contributed by atoms with Gasteiger partial charge in [-0.2, -0.15) is 0 Å². The fourth-order valence-corrected chi connectivity index (χ4v) is 3.28. The van der Waals surface area contributed by atoms with Crippen molar-refractivity contribution >= 4 is 15.8 Å². The quantitative estimate of drug-likeness (QED) is 0.826. The van der Waals surface area contributed by atoms with Gasteiger partial charge < -0.3 is 4.90 Å². The molecule has 0 N–H and O–H groups in total. The lowest BCUT2D eigenvalue weighted by Gasteiger charge is -2.22. The van der Waals surface area contributed by atoms with Crippen molar-refractivity contribution in [1.29, 1.82) is 0 Å². The van der Waals surface area contributed by atoms with Gasteiger partial charge in [0.15, 0.2) is 0 Å². The highest BCUT2D eigenvalue weighted by Crippen LogP contribution is 2.16. The second-order valence-corrected chi connectivity index (χ2v) is 7.10. The largest absolute Gasteiger partial charge is 0.355 e. The Morgan fingerprint density at radius 3 is 2.60 bits per heavy atom. The smallest absolute Gasteiger partial charge is 0.211 e. The second kappa shape index (κ2) is 6.05. The van der Waals surface area contributed by atoms with Crippen LogP contribution in [0.4, 0.5) is 5.82 Å². The minimum absolute atomic E-state index is 0.517. The summed E-state index contributed by atoms with van der Waals surface area (Å²) in [6.07, 6.45) is 2.96. The zero-order valence-corrected chi connectivity index (χ0v) is 13.2. The minimum Gasteiger partial charge on any atom is -0.355 e. The van der Waals surface area contributed by atoms with Gasteiger partial charge in [-0.15, -0.1) is 0 Å². The lowest BCUT2D eigenvalue weighted by atomic mass is 10.3. The first-order valence-electron chi connectivity index (χ1n) is 6.95. The molecule has 6 nitrogen and oxygen atoms in total. The van der Waals surface area contributed by atoms with Gasteiger partial charge in [0.1, 0.15) is 11.6 Å². The summed E-state index contributed by atoms with van der Waals surface area (Å²) in [5, 5.41) is 0. The average molecular weight is 298 g/mol. The van der Waals surface area contributed by atoms with E-state index in [1.807, 2.05) is 13.0 Å². The maximum atomic E-state index is 11.6. The molecule has 1 aliphatic rings. The van der Waals surface area contributed by atoms with E-state index in [0.29, 0.717) is 19.6 Å². The Morgan fingerprint density at radius 2 is 1.95 bits per heavy atom. The molecule has 112 valence electrons. The zero-order valence-electron chi connectivity index (χ0n) is 12.3. The van der Waals surface area contributed by atoms with Crippen LogP contribution in [0.25, 0.3) is 0 Å². The van der Waals surface area contributed by atoms with Crippen LogP contribution in [0.1, 0.15) is 24.9 Å². The third-order valence-electron chi connectivity index (χ3n) is 3.49. The van der Waals surface area contributed by atoms with E-state index in [4.69, 9.17) is 0 Å². The van der Waals surface area contributed by atoms with Gasteiger partial charge in [-0.3, -0.25) is 0 Å². The van der Waals surface area contributed by atoms with Gasteiger partial charge in [0.2, 0.25) is 10.0 Å². The van der Waals surface area contributed by atoms with Crippen molar-refractivity contribution in [3.8, 4) is 0 Å². The summed E-state index contributed by atoms with van der Waals surface area (Å²) in [7, 11) is -3.10. The molecule has 7 heteroatoms. The van der Waals surface area contributed by atoms with Crippen LogP contribution in [0.5, 0.6) is 0 Å². The third kappa shape index (κ3) is 3.67. The van der Waals surface area contributed by atoms with Gasteiger partial charge in [0, 0.05) is 37.9 Å². The van der Waals surface area contributed by atoms with E-state index in [-0.39, 0.29) is 0 Å². The van der Waals surface area contributed by atoms with Crippen LogP contribution in [0.15, 0.2) is 6.07 Å². The molecule has 0 amide bonds. The van der Waals surface area contributed by atoms with E-state index in [2.05, 4.69) is 21.8 Å². The molecule has 1 aliphatic heterocycles. The number of rotatable bonds is 3. The molecule has 20 heavy (non-hydrogen) atoms. The van der Waals surface area contributed by atoms with Gasteiger partial charge >= 0.3 is 0 Å². The molecule has 0 bridgehead atoms. The fourth-order valence-electron chi connectivity index (χ4n) is 2.41. The van der Waals surface area contributed by atoms with Crippen molar-refractivity contribution < 1.29 is 8.42 Å². The maximum absolute atomic E-state index is 11.6. The molecule has 0 spiro atoms. The number of sulfonamides is 1. The van der Waals surface area contributed by atoms with Crippen molar-refractivity contribution in [3.63, 3.8) is 0 Å². The van der Waals surface area contributed by atoms with E-state index in [9.17, 15) is 8.42 Å². The van der Waals surface area contributed by atoms with Crippen LogP contribution in [0.3, 0.4) is 0 Å². The predicted molar refractivity (Wildman–Crippen MR) is 79.4 cm³/mol. The van der Waals surface area contributed by atoms with Crippen molar-refractivity contribution in [2.45, 2.75) is 26.7 Å². The van der Waals surface area contributed by atoms with Crippen LogP contribution in [-0.4, -0.2) is 55.1 Å². The van der Waals surface area contributed by atoms with E-state index in [1.54, 1.807) is 4.31 Å². The summed E-state index contributed by atoms with van der Waals surface area (Å²) in [5.41, 5.74) is 1.02. The van der Waals surface area contributed by atoms with Crippen LogP contribution in [0.2, 0.25) is 0 Å². The summed E-state index contributed by atoms with van der Waals surface area (Å²) in [6.45, 7) is 6.56. The molecule has 0 atom stereocenters. The number of aryl methyl sites for hydroxylation is 2. The molecule has 1 fully saturated rings. The van der Waals surface area contributed by atoms with Crippen LogP contribution < -0.4 is 4.90 Å². The molecule has 0 unspecified atom stereocenters. The molecule has 2 heterocycles. The van der Waals surface area contributed by atoms with E-state index in [0.717, 1.165) is 36.7 Å². The second-order valence-electron chi connectivity index (χ2n) is 5.12. The van der Waals surface area contributed by atoms with E-state index >= 15 is 0 Å². The average Bonchev–Trinajstić information content (AvgIpc) is 2.63. The molecule has 0 saturated carbocycles. The molecular formula is C13H22N4O2S. The normalized spacial score (nSPS) is 18.1. The highest BCUT2D eigenvalue weighted by molar-refractivity contribution is 7.88. The number of hydrogen-bond donors (Lipinski definition) is 0. The van der Waals surface area contributed by atoms with E-state index in [1.165, 1.54) is 6.26 Å². The van der Waals surface area contributed by atoms with Crippen molar-refractivity contribution in [1.82, 2.24) is 14.3 Å². The Bertz CT molecular complexity index is 574. The zero-order chi connectivity index (χ0) is 14.8. The summed E-state index contributed by atoms with van der Waals surface area (Å²) < 4.78 is 24.8. The number of nitrogens with zero attached hydrogens (tertiary/aromatic N) is 4. The lowest BCUT2D eigenvalue weighted by Crippen LogP contribution is -2.34. The number of anilines is 1. The van der Waals surface area contributed by atoms with Crippen molar-refractivity contribution in [3.05, 3.63) is 17.6 Å². The van der Waals surface area contributed by atoms with Crippen molar-refractivity contribution in [2.24, 2.45) is 0 Å². The molecule has 1 saturated heterocycles. The van der Waals surface area contributed by atoms with E-state index < -0.39 is 10.0 Å². The summed E-state index contributed by atoms with van der Waals surface area (Å²) in [4.78, 5) is 11.0. The predicted octanol–water partition coefficient (Wildman–Crippen LogP) is 0.819. The number of aromatic nitrogens is 2. The first kappa shape index (κ1) is 15.2. The van der Waals surface area contributed by atoms with Gasteiger partial charge in [0.05, 0.1) is 6.26 Å². The molecular weight excluding hydrogens is 276 g/mol. The molecule has 2 rings (SSSR count). The Balaban J connectivity index is 2.16. The SMILES string of the molecule is CCc1cc(N2CCCN(S(C)(=O)=O)CC2)nc(C)n1. The Labute approximate surface area is 120 Å². The Morgan fingerprint density at radius 1 is 1.20 bits per heavy atom. The standard InChI is InChI=1S/C13H22N4O2S/c1-4-12-10-13(15-11(2)14-12)16-6-5-7-17(9-8-16)20(3,18)19/h10H,4-9H2,1-3H3. The van der Waals surface area contributed by atoms with Crippen molar-refractivity contribution in [2.75, 3.05) is 37.3 Å². The molecule has 1 aromatic heterocycles. The highest BCUT2D eigenvalue weighted by Gasteiger charge is 2.22. The Hall–Kier alpha value is -1.21. The van der Waals surface area contributed by atoms with Gasteiger partial charge in [0.25, 0.3) is 0 Å². The van der Waals surface area contributed by atoms with Gasteiger partial charge in [-0.1, -0.05) is 6.92 Å². The fraction of sp³-hybridized carbons (Fsp3) is 0.692. The topological polar surface area (TPSA) is 66.4 Å². The lowest BCUT2D eigenvalue weighted by molar-refractivity contribution is 0.437. The van der Waals surface area contributed by atoms with Crippen LogP contribution in [-0.2, 0) is 16.4 Å². The molecule has 0 aromatic carbocycles. The highest BCUT2D eigenvalue weighted by atomic mass is 32.2. The van der Waals surface area contributed by atoms with Crippen LogP contribution >= 0.6 is 0 Å². The third-order valence-corrected chi connectivity index (χ3v) is 4.79. The summed E-state index contributed by atoms with van der Waals surface area (Å²) >= 11 is 0. The Kier molecular flexibility index (Phi) is 4.59. The molecule has 1 aromatic rings. The van der Waals surface area contributed by atoms with Crippen LogP contribution in [0, 0.1) is 6.92 Å². The summed E-state index contributed by atoms with van der Waals surface area (Å²) in [6, 6.07) is 2.00. The van der Waals surface area contributed by atoms with Gasteiger partial charge in [-0.05, 0) is 19.8 Å². The number of hydrogen-bond acceptors (Lipinski definition) is 5. The molecule has 0 radical (unpaired) electrons. The first-order valence-corrected chi connectivity index (χ1v) is 8.79. The summed E-state index contributed by atoms with van der Waals surface area (Å²) in [5.74, 6) is 1.67. The maximum Gasteiger partial charge on any atom is 0.211 e. The minimum atomic E-state index is -3.10. The van der Waals surface area contributed by atoms with Gasteiger partial charge in [-0.25, -0.2) is 22.7 Å². The molecule has 0 aliphatic carbocycles.